The first-order valence-electron chi connectivity index (χ1n) is 3.55. The molecule has 0 radical (unpaired) electrons. The van der Waals surface area contributed by atoms with Gasteiger partial charge in [-0.2, -0.15) is 0 Å². The average Bonchev–Trinajstić information content (AvgIpc) is 2.03. The first-order chi connectivity index (χ1) is 5.26. The van der Waals surface area contributed by atoms with Crippen molar-refractivity contribution in [1.29, 1.82) is 0 Å². The number of allylic oxidation sites excluding steroid dienone is 1. The van der Waals surface area contributed by atoms with Gasteiger partial charge in [0.05, 0.1) is 12.3 Å². The van der Waals surface area contributed by atoms with E-state index in [0.29, 0.717) is 18.2 Å². The van der Waals surface area contributed by atoms with Gasteiger partial charge in [-0.3, -0.25) is 4.99 Å². The lowest BCUT2D eigenvalue weighted by atomic mass is 10.5. The third-order valence-corrected chi connectivity index (χ3v) is 1.07. The van der Waals surface area contributed by atoms with Crippen molar-refractivity contribution in [3.8, 4) is 0 Å². The lowest BCUT2D eigenvalue weighted by Crippen LogP contribution is -1.91. The molecule has 0 rings (SSSR count). The summed E-state index contributed by atoms with van der Waals surface area (Å²) in [6, 6.07) is 0. The molecular weight excluding hydrogens is 140 g/mol. The molecule has 3 heteroatoms. The summed E-state index contributed by atoms with van der Waals surface area (Å²) in [5.74, 6) is 0.546. The van der Waals surface area contributed by atoms with Gasteiger partial charge < -0.3 is 4.74 Å². The highest BCUT2D eigenvalue weighted by atomic mass is 16.5. The molecule has 0 spiro atoms. The van der Waals surface area contributed by atoms with Gasteiger partial charge in [0.1, 0.15) is 0 Å². The number of nitrogens with zero attached hydrogens (tertiary/aromatic N) is 2. The summed E-state index contributed by atoms with van der Waals surface area (Å²) in [4.78, 5) is 7.70. The number of hydrogen-bond donors (Lipinski definition) is 0. The highest BCUT2D eigenvalue weighted by molar-refractivity contribution is 5.55. The van der Waals surface area contributed by atoms with Crippen molar-refractivity contribution in [1.82, 2.24) is 0 Å². The van der Waals surface area contributed by atoms with Gasteiger partial charge in [-0.15, -0.1) is 0 Å². The van der Waals surface area contributed by atoms with Gasteiger partial charge in [0, 0.05) is 6.21 Å². The van der Waals surface area contributed by atoms with Crippen LogP contribution in [0.5, 0.6) is 0 Å². The molecule has 3 nitrogen and oxygen atoms in total. The monoisotopic (exact) mass is 154 g/mol. The zero-order valence-corrected chi connectivity index (χ0v) is 7.29. The summed E-state index contributed by atoms with van der Waals surface area (Å²) in [5.41, 5.74) is 0.713. The number of hydrogen-bond acceptors (Lipinski definition) is 3. The highest BCUT2D eigenvalue weighted by Crippen LogP contribution is 2.07. The molecule has 0 saturated carbocycles. The van der Waals surface area contributed by atoms with Crippen molar-refractivity contribution in [3.05, 3.63) is 11.6 Å². The smallest absolute Gasteiger partial charge is 0.234 e. The number of rotatable bonds is 4. The van der Waals surface area contributed by atoms with E-state index in [4.69, 9.17) is 4.74 Å². The van der Waals surface area contributed by atoms with E-state index in [1.54, 1.807) is 6.21 Å². The van der Waals surface area contributed by atoms with Crippen LogP contribution in [0.15, 0.2) is 21.6 Å². The van der Waals surface area contributed by atoms with Gasteiger partial charge in [0.2, 0.25) is 5.88 Å². The molecule has 0 saturated heterocycles. The van der Waals surface area contributed by atoms with E-state index in [2.05, 4.69) is 16.7 Å². The first kappa shape index (κ1) is 9.88. The minimum Gasteiger partial charge on any atom is -0.477 e. The normalized spacial score (nSPS) is 13.0. The maximum atomic E-state index is 5.18. The molecule has 0 amide bonds. The zero-order valence-electron chi connectivity index (χ0n) is 7.29. The summed E-state index contributed by atoms with van der Waals surface area (Å²) in [6.45, 7) is 9.52. The summed E-state index contributed by atoms with van der Waals surface area (Å²) >= 11 is 0. The summed E-state index contributed by atoms with van der Waals surface area (Å²) in [6.07, 6.45) is 1.67. The van der Waals surface area contributed by atoms with Crippen molar-refractivity contribution in [2.75, 3.05) is 6.61 Å². The summed E-state index contributed by atoms with van der Waals surface area (Å²) in [7, 11) is 0. The lowest BCUT2D eigenvalue weighted by Gasteiger charge is -2.03. The van der Waals surface area contributed by atoms with Crippen LogP contribution >= 0.6 is 0 Å². The SMILES string of the molecule is C=N/C(C)=C(\N=C/C)OCC. The molecule has 0 bridgehead atoms. The van der Waals surface area contributed by atoms with Gasteiger partial charge in [-0.05, 0) is 27.5 Å². The molecule has 11 heavy (non-hydrogen) atoms. The van der Waals surface area contributed by atoms with Crippen molar-refractivity contribution < 1.29 is 4.74 Å². The second-order valence-electron chi connectivity index (χ2n) is 1.87. The molecule has 0 aromatic heterocycles. The predicted octanol–water partition coefficient (Wildman–Crippen LogP) is 2.00. The molecule has 0 unspecified atom stereocenters. The topological polar surface area (TPSA) is 34.0 Å². The van der Waals surface area contributed by atoms with Crippen LogP contribution in [-0.2, 0) is 4.74 Å². The Morgan fingerprint density at radius 1 is 1.64 bits per heavy atom. The Kier molecular flexibility index (Phi) is 5.07. The average molecular weight is 154 g/mol. The van der Waals surface area contributed by atoms with E-state index in [9.17, 15) is 0 Å². The molecular formula is C8H14N2O. The first-order valence-corrected chi connectivity index (χ1v) is 3.55. The predicted molar refractivity (Wildman–Crippen MR) is 48.0 cm³/mol. The third-order valence-electron chi connectivity index (χ3n) is 1.07. The molecule has 0 aliphatic carbocycles. The molecule has 0 aromatic rings. The third kappa shape index (κ3) is 3.55. The van der Waals surface area contributed by atoms with E-state index < -0.39 is 0 Å². The number of ether oxygens (including phenoxy) is 1. The van der Waals surface area contributed by atoms with Crippen LogP contribution in [0.1, 0.15) is 20.8 Å². The quantitative estimate of drug-likeness (QED) is 0.450. The Labute approximate surface area is 67.5 Å². The maximum absolute atomic E-state index is 5.18. The molecule has 0 atom stereocenters. The van der Waals surface area contributed by atoms with E-state index in [1.807, 2.05) is 20.8 Å². The van der Waals surface area contributed by atoms with Gasteiger partial charge in [-0.25, -0.2) is 4.99 Å². The standard InChI is InChI=1S/C8H14N2O/c1-5-10-8(11-6-2)7(3)9-4/h5H,4,6H2,1-3H3/b8-7+,10-5-. The van der Waals surface area contributed by atoms with Crippen LogP contribution in [-0.4, -0.2) is 19.5 Å². The minimum absolute atomic E-state index is 0.546. The van der Waals surface area contributed by atoms with E-state index in [-0.39, 0.29) is 0 Å². The van der Waals surface area contributed by atoms with Crippen LogP contribution in [0, 0.1) is 0 Å². The van der Waals surface area contributed by atoms with E-state index >= 15 is 0 Å². The lowest BCUT2D eigenvalue weighted by molar-refractivity contribution is 0.223. The molecule has 0 aliphatic heterocycles. The van der Waals surface area contributed by atoms with E-state index in [0.717, 1.165) is 0 Å². The molecule has 0 aromatic carbocycles. The van der Waals surface area contributed by atoms with Crippen LogP contribution in [0.3, 0.4) is 0 Å². The fourth-order valence-corrected chi connectivity index (χ4v) is 0.557. The zero-order chi connectivity index (χ0) is 8.69. The second kappa shape index (κ2) is 5.65. The molecule has 62 valence electrons. The second-order valence-corrected chi connectivity index (χ2v) is 1.87. The van der Waals surface area contributed by atoms with Crippen molar-refractivity contribution >= 4 is 12.9 Å². The Morgan fingerprint density at radius 3 is 2.64 bits per heavy atom. The van der Waals surface area contributed by atoms with E-state index in [1.165, 1.54) is 0 Å². The molecule has 0 aliphatic rings. The Hall–Kier alpha value is -1.12. The largest absolute Gasteiger partial charge is 0.477 e. The van der Waals surface area contributed by atoms with Gasteiger partial charge in [-0.1, -0.05) is 0 Å². The summed E-state index contributed by atoms with van der Waals surface area (Å²) in [5, 5.41) is 0. The Morgan fingerprint density at radius 2 is 2.27 bits per heavy atom. The van der Waals surface area contributed by atoms with Crippen LogP contribution < -0.4 is 0 Å². The van der Waals surface area contributed by atoms with Crippen LogP contribution in [0.4, 0.5) is 0 Å². The molecule has 0 fully saturated rings. The van der Waals surface area contributed by atoms with Crippen molar-refractivity contribution in [2.24, 2.45) is 9.98 Å². The van der Waals surface area contributed by atoms with Crippen LogP contribution in [0.2, 0.25) is 0 Å². The maximum Gasteiger partial charge on any atom is 0.234 e. The van der Waals surface area contributed by atoms with Crippen molar-refractivity contribution in [2.45, 2.75) is 20.8 Å². The number of aliphatic imine (C=N–C) groups is 2. The molecule has 0 N–H and O–H groups in total. The summed E-state index contributed by atoms with van der Waals surface area (Å²) < 4.78 is 5.18. The molecule has 0 heterocycles. The Balaban J connectivity index is 4.42. The van der Waals surface area contributed by atoms with Gasteiger partial charge in [0.15, 0.2) is 0 Å². The van der Waals surface area contributed by atoms with Crippen molar-refractivity contribution in [3.63, 3.8) is 0 Å². The fraction of sp³-hybridized carbons (Fsp3) is 0.500. The highest BCUT2D eigenvalue weighted by Gasteiger charge is 1.96. The fourth-order valence-electron chi connectivity index (χ4n) is 0.557. The van der Waals surface area contributed by atoms with Crippen LogP contribution in [0.25, 0.3) is 0 Å². The van der Waals surface area contributed by atoms with Gasteiger partial charge >= 0.3 is 0 Å². The van der Waals surface area contributed by atoms with Gasteiger partial charge in [0.25, 0.3) is 0 Å². The Bertz CT molecular complexity index is 183. The minimum atomic E-state index is 0.546.